The van der Waals surface area contributed by atoms with Gasteiger partial charge in [0.15, 0.2) is 0 Å². The molecule has 0 spiro atoms. The molecular weight excluding hydrogens is 287 g/mol. The summed E-state index contributed by atoms with van der Waals surface area (Å²) in [5.74, 6) is 0.240. The first-order valence-electron chi connectivity index (χ1n) is 6.06. The minimum Gasteiger partial charge on any atom is -0.367 e. The van der Waals surface area contributed by atoms with Gasteiger partial charge in [-0.1, -0.05) is 11.6 Å². The van der Waals surface area contributed by atoms with Gasteiger partial charge >= 0.3 is 0 Å². The lowest BCUT2D eigenvalue weighted by atomic mass is 10.1. The number of amides is 1. The Hall–Kier alpha value is -0.840. The molecule has 1 fully saturated rings. The van der Waals surface area contributed by atoms with Crippen molar-refractivity contribution in [3.05, 3.63) is 29.0 Å². The zero-order valence-electron chi connectivity index (χ0n) is 10.9. The smallest absolute Gasteiger partial charge is 0.272 e. The summed E-state index contributed by atoms with van der Waals surface area (Å²) in [6.07, 6.45) is 1.32. The fourth-order valence-corrected chi connectivity index (χ4v) is 2.47. The number of pyridine rings is 1. The number of morpholine rings is 1. The van der Waals surface area contributed by atoms with E-state index in [9.17, 15) is 4.79 Å². The van der Waals surface area contributed by atoms with Gasteiger partial charge in [-0.05, 0) is 26.0 Å². The van der Waals surface area contributed by atoms with Crippen molar-refractivity contribution in [1.82, 2.24) is 9.88 Å². The highest BCUT2D eigenvalue weighted by molar-refractivity contribution is 6.30. The van der Waals surface area contributed by atoms with Crippen LogP contribution in [0, 0.1) is 0 Å². The highest BCUT2D eigenvalue weighted by Crippen LogP contribution is 2.23. The molecule has 0 saturated carbocycles. The first-order valence-corrected chi connectivity index (χ1v) is 6.97. The van der Waals surface area contributed by atoms with Crippen LogP contribution in [0.5, 0.6) is 0 Å². The average molecular weight is 303 g/mol. The van der Waals surface area contributed by atoms with Gasteiger partial charge in [-0.25, -0.2) is 4.98 Å². The highest BCUT2D eigenvalue weighted by Gasteiger charge is 2.35. The molecule has 1 unspecified atom stereocenters. The van der Waals surface area contributed by atoms with Crippen molar-refractivity contribution in [2.75, 3.05) is 19.0 Å². The maximum absolute atomic E-state index is 12.4. The van der Waals surface area contributed by atoms with Gasteiger partial charge in [-0.2, -0.15) is 0 Å². The van der Waals surface area contributed by atoms with Crippen LogP contribution in [0.4, 0.5) is 0 Å². The zero-order valence-corrected chi connectivity index (χ0v) is 12.4. The molecule has 1 aromatic rings. The molecule has 1 atom stereocenters. The third-order valence-electron chi connectivity index (χ3n) is 2.89. The molecule has 0 radical (unpaired) electrons. The molecule has 1 aliphatic heterocycles. The van der Waals surface area contributed by atoms with E-state index in [0.717, 1.165) is 0 Å². The number of ether oxygens (including phenoxy) is 1. The molecular formula is C13H16Cl2N2O2. The molecule has 0 aromatic carbocycles. The van der Waals surface area contributed by atoms with Crippen LogP contribution in [-0.2, 0) is 4.74 Å². The minimum absolute atomic E-state index is 0.122. The van der Waals surface area contributed by atoms with Crippen molar-refractivity contribution in [2.45, 2.75) is 25.6 Å². The van der Waals surface area contributed by atoms with Gasteiger partial charge in [-0.15, -0.1) is 11.6 Å². The zero-order chi connectivity index (χ0) is 14.0. The van der Waals surface area contributed by atoms with E-state index in [-0.39, 0.29) is 12.0 Å². The van der Waals surface area contributed by atoms with Crippen LogP contribution in [-0.4, -0.2) is 46.5 Å². The van der Waals surface area contributed by atoms with E-state index in [4.69, 9.17) is 27.9 Å². The van der Waals surface area contributed by atoms with E-state index in [0.29, 0.717) is 29.7 Å². The van der Waals surface area contributed by atoms with Crippen LogP contribution < -0.4 is 0 Å². The summed E-state index contributed by atoms with van der Waals surface area (Å²) in [6, 6.07) is 3.29. The Labute approximate surface area is 122 Å². The normalized spacial score (nSPS) is 22.3. The van der Waals surface area contributed by atoms with E-state index in [1.807, 2.05) is 13.8 Å². The molecule has 6 heteroatoms. The number of carbonyl (C=O) groups excluding carboxylic acids is 1. The second-order valence-corrected chi connectivity index (χ2v) is 5.95. The van der Waals surface area contributed by atoms with Gasteiger partial charge in [0, 0.05) is 19.3 Å². The SMILES string of the molecule is CC1(C)CN(C(=O)c2ccc(Cl)cn2)CC(CCl)O1. The lowest BCUT2D eigenvalue weighted by Crippen LogP contribution is -2.55. The maximum atomic E-state index is 12.4. The molecule has 0 aliphatic carbocycles. The average Bonchev–Trinajstić information content (AvgIpc) is 2.37. The second-order valence-electron chi connectivity index (χ2n) is 5.20. The number of hydrogen-bond acceptors (Lipinski definition) is 3. The summed E-state index contributed by atoms with van der Waals surface area (Å²) in [5, 5.41) is 0.512. The second kappa shape index (κ2) is 5.65. The lowest BCUT2D eigenvalue weighted by Gasteiger charge is -2.42. The van der Waals surface area contributed by atoms with Crippen LogP contribution >= 0.6 is 23.2 Å². The Bertz CT molecular complexity index is 462. The van der Waals surface area contributed by atoms with Gasteiger partial charge in [0.1, 0.15) is 5.69 Å². The fraction of sp³-hybridized carbons (Fsp3) is 0.538. The van der Waals surface area contributed by atoms with E-state index < -0.39 is 5.60 Å². The molecule has 19 heavy (non-hydrogen) atoms. The van der Waals surface area contributed by atoms with E-state index in [2.05, 4.69) is 4.98 Å². The van der Waals surface area contributed by atoms with Gasteiger partial charge in [0.25, 0.3) is 5.91 Å². The maximum Gasteiger partial charge on any atom is 0.272 e. The monoisotopic (exact) mass is 302 g/mol. The van der Waals surface area contributed by atoms with Crippen LogP contribution in [0.15, 0.2) is 18.3 Å². The van der Waals surface area contributed by atoms with E-state index in [1.165, 1.54) is 6.20 Å². The molecule has 104 valence electrons. The third-order valence-corrected chi connectivity index (χ3v) is 3.45. The molecule has 0 N–H and O–H groups in total. The van der Waals surface area contributed by atoms with Gasteiger partial charge < -0.3 is 9.64 Å². The summed E-state index contributed by atoms with van der Waals surface area (Å²) >= 11 is 11.6. The van der Waals surface area contributed by atoms with Crippen LogP contribution in [0.3, 0.4) is 0 Å². The summed E-state index contributed by atoms with van der Waals surface area (Å²) in [5.41, 5.74) is -0.0182. The molecule has 0 bridgehead atoms. The standard InChI is InChI=1S/C13H16Cl2N2O2/c1-13(2)8-17(7-10(5-14)19-13)12(18)11-4-3-9(15)6-16-11/h3-4,6,10H,5,7-8H2,1-2H3. The predicted molar refractivity (Wildman–Crippen MR) is 74.8 cm³/mol. The molecule has 4 nitrogen and oxygen atoms in total. The van der Waals surface area contributed by atoms with Gasteiger partial charge in [-0.3, -0.25) is 4.79 Å². The Morgan fingerprint density at radius 2 is 2.32 bits per heavy atom. The molecule has 1 aromatic heterocycles. The molecule has 1 aliphatic rings. The number of rotatable bonds is 2. The number of carbonyl (C=O) groups is 1. The lowest BCUT2D eigenvalue weighted by molar-refractivity contribution is -0.117. The Morgan fingerprint density at radius 1 is 1.58 bits per heavy atom. The van der Waals surface area contributed by atoms with Crippen molar-refractivity contribution >= 4 is 29.1 Å². The van der Waals surface area contributed by atoms with E-state index >= 15 is 0 Å². The Kier molecular flexibility index (Phi) is 4.33. The molecule has 1 saturated heterocycles. The van der Waals surface area contributed by atoms with Crippen molar-refractivity contribution in [2.24, 2.45) is 0 Å². The summed E-state index contributed by atoms with van der Waals surface area (Å²) in [4.78, 5) is 18.2. The van der Waals surface area contributed by atoms with Crippen LogP contribution in [0.2, 0.25) is 5.02 Å². The largest absolute Gasteiger partial charge is 0.367 e. The fourth-order valence-electron chi connectivity index (χ4n) is 2.20. The van der Waals surface area contributed by atoms with Crippen molar-refractivity contribution in [3.8, 4) is 0 Å². The summed E-state index contributed by atoms with van der Waals surface area (Å²) in [7, 11) is 0. The van der Waals surface area contributed by atoms with Crippen LogP contribution in [0.1, 0.15) is 24.3 Å². The summed E-state index contributed by atoms with van der Waals surface area (Å²) < 4.78 is 5.79. The third kappa shape index (κ3) is 3.59. The molecule has 1 amide bonds. The number of aromatic nitrogens is 1. The molecule has 2 rings (SSSR count). The predicted octanol–water partition coefficient (Wildman–Crippen LogP) is 2.59. The topological polar surface area (TPSA) is 42.4 Å². The first kappa shape index (κ1) is 14.6. The highest BCUT2D eigenvalue weighted by atomic mass is 35.5. The number of halogens is 2. The molecule has 2 heterocycles. The van der Waals surface area contributed by atoms with Gasteiger partial charge in [0.2, 0.25) is 0 Å². The van der Waals surface area contributed by atoms with Crippen molar-refractivity contribution in [3.63, 3.8) is 0 Å². The number of hydrogen-bond donors (Lipinski definition) is 0. The van der Waals surface area contributed by atoms with Crippen molar-refractivity contribution in [1.29, 1.82) is 0 Å². The van der Waals surface area contributed by atoms with Crippen molar-refractivity contribution < 1.29 is 9.53 Å². The van der Waals surface area contributed by atoms with E-state index in [1.54, 1.807) is 17.0 Å². The first-order chi connectivity index (χ1) is 8.91. The van der Waals surface area contributed by atoms with Gasteiger partial charge in [0.05, 0.1) is 22.6 Å². The number of alkyl halides is 1. The number of nitrogens with zero attached hydrogens (tertiary/aromatic N) is 2. The minimum atomic E-state index is -0.403. The Balaban J connectivity index is 2.16. The summed E-state index contributed by atoms with van der Waals surface area (Å²) in [6.45, 7) is 4.89. The Morgan fingerprint density at radius 3 is 2.89 bits per heavy atom. The van der Waals surface area contributed by atoms with Crippen LogP contribution in [0.25, 0.3) is 0 Å². The quantitative estimate of drug-likeness (QED) is 0.789.